The molecule has 0 unspecified atom stereocenters. The number of ether oxygens (including phenoxy) is 1. The van der Waals surface area contributed by atoms with Gasteiger partial charge >= 0.3 is 0 Å². The third-order valence-corrected chi connectivity index (χ3v) is 4.24. The van der Waals surface area contributed by atoms with Crippen LogP contribution in [0.2, 0.25) is 0 Å². The number of hydrogen-bond donors (Lipinski definition) is 3. The summed E-state index contributed by atoms with van der Waals surface area (Å²) in [6, 6.07) is 23.1. The molecule has 0 aliphatic rings. The Morgan fingerprint density at radius 1 is 0.857 bits per heavy atom. The molecule has 0 bridgehead atoms. The Kier molecular flexibility index (Phi) is 4.51. The summed E-state index contributed by atoms with van der Waals surface area (Å²) in [4.78, 5) is 26.8. The highest BCUT2D eigenvalue weighted by molar-refractivity contribution is 6.05. The minimum absolute atomic E-state index is 0.223. The highest BCUT2D eigenvalue weighted by Crippen LogP contribution is 2.24. The van der Waals surface area contributed by atoms with E-state index in [1.165, 1.54) is 0 Å². The Morgan fingerprint density at radius 3 is 2.39 bits per heavy atom. The average Bonchev–Trinajstić information content (AvgIpc) is 3.14. The number of nitrogens with one attached hydrogen (secondary N) is 2. The fraction of sp³-hybridized carbons (Fsp3) is 0. The SMILES string of the molecule is NC(=O)c1cccc(Oc2ccc(NC(=O)c3cc4ccccc4[nH]3)cc2)c1. The number of primary amides is 1. The predicted molar refractivity (Wildman–Crippen MR) is 108 cm³/mol. The molecule has 4 rings (SSSR count). The molecular formula is C22H17N3O3. The second kappa shape index (κ2) is 7.28. The van der Waals surface area contributed by atoms with Crippen molar-refractivity contribution in [2.45, 2.75) is 0 Å². The maximum Gasteiger partial charge on any atom is 0.272 e. The van der Waals surface area contributed by atoms with Gasteiger partial charge in [0.2, 0.25) is 5.91 Å². The van der Waals surface area contributed by atoms with Crippen LogP contribution >= 0.6 is 0 Å². The van der Waals surface area contributed by atoms with Gasteiger partial charge in [-0.05, 0) is 54.6 Å². The summed E-state index contributed by atoms with van der Waals surface area (Å²) in [5.74, 6) is 0.343. The monoisotopic (exact) mass is 371 g/mol. The minimum Gasteiger partial charge on any atom is -0.457 e. The second-order valence-electron chi connectivity index (χ2n) is 6.24. The van der Waals surface area contributed by atoms with Gasteiger partial charge in [0.15, 0.2) is 0 Å². The number of carbonyl (C=O) groups is 2. The summed E-state index contributed by atoms with van der Waals surface area (Å²) in [6.07, 6.45) is 0. The van der Waals surface area contributed by atoms with Crippen LogP contribution in [0.15, 0.2) is 78.9 Å². The number of H-pyrrole nitrogens is 1. The van der Waals surface area contributed by atoms with E-state index in [1.54, 1.807) is 48.5 Å². The summed E-state index contributed by atoms with van der Waals surface area (Å²) in [5.41, 5.74) is 7.70. The van der Waals surface area contributed by atoms with Gasteiger partial charge in [0.1, 0.15) is 17.2 Å². The van der Waals surface area contributed by atoms with Gasteiger partial charge in [0.25, 0.3) is 5.91 Å². The number of benzene rings is 3. The molecule has 1 heterocycles. The first-order valence-electron chi connectivity index (χ1n) is 8.65. The molecular weight excluding hydrogens is 354 g/mol. The number of hydrogen-bond acceptors (Lipinski definition) is 3. The minimum atomic E-state index is -0.513. The third kappa shape index (κ3) is 3.71. The van der Waals surface area contributed by atoms with Crippen molar-refractivity contribution in [1.82, 2.24) is 4.98 Å². The summed E-state index contributed by atoms with van der Waals surface area (Å²) >= 11 is 0. The highest BCUT2D eigenvalue weighted by Gasteiger charge is 2.10. The first-order chi connectivity index (χ1) is 13.6. The number of amides is 2. The lowest BCUT2D eigenvalue weighted by Gasteiger charge is -2.08. The van der Waals surface area contributed by atoms with E-state index >= 15 is 0 Å². The number of rotatable bonds is 5. The van der Waals surface area contributed by atoms with E-state index in [2.05, 4.69) is 10.3 Å². The van der Waals surface area contributed by atoms with E-state index in [9.17, 15) is 9.59 Å². The Bertz CT molecular complexity index is 1130. The molecule has 0 aliphatic heterocycles. The molecule has 138 valence electrons. The number of nitrogens with two attached hydrogens (primary N) is 1. The van der Waals surface area contributed by atoms with Crippen LogP contribution in [-0.4, -0.2) is 16.8 Å². The molecule has 1 aromatic heterocycles. The first-order valence-corrected chi connectivity index (χ1v) is 8.65. The number of fused-ring (bicyclic) bond motifs is 1. The van der Waals surface area contributed by atoms with Gasteiger partial charge < -0.3 is 20.8 Å². The maximum absolute atomic E-state index is 12.4. The van der Waals surface area contributed by atoms with Crippen LogP contribution in [0.4, 0.5) is 5.69 Å². The molecule has 0 spiro atoms. The molecule has 3 aromatic carbocycles. The van der Waals surface area contributed by atoms with Crippen LogP contribution in [0.5, 0.6) is 11.5 Å². The zero-order valence-corrected chi connectivity index (χ0v) is 14.8. The van der Waals surface area contributed by atoms with Gasteiger partial charge in [0, 0.05) is 22.2 Å². The molecule has 0 fully saturated rings. The van der Waals surface area contributed by atoms with Gasteiger partial charge in [-0.1, -0.05) is 24.3 Å². The quantitative estimate of drug-likeness (QED) is 0.487. The van der Waals surface area contributed by atoms with Gasteiger partial charge in [-0.2, -0.15) is 0 Å². The fourth-order valence-electron chi connectivity index (χ4n) is 2.85. The van der Waals surface area contributed by atoms with Crippen LogP contribution in [0, 0.1) is 0 Å². The summed E-state index contributed by atoms with van der Waals surface area (Å²) in [7, 11) is 0. The van der Waals surface area contributed by atoms with Crippen LogP contribution in [0.3, 0.4) is 0 Å². The van der Waals surface area contributed by atoms with E-state index < -0.39 is 5.91 Å². The lowest BCUT2D eigenvalue weighted by atomic mass is 10.2. The normalized spacial score (nSPS) is 10.6. The number of carbonyl (C=O) groups excluding carboxylic acids is 2. The van der Waals surface area contributed by atoms with E-state index in [0.29, 0.717) is 28.4 Å². The zero-order valence-electron chi connectivity index (χ0n) is 14.8. The Balaban J connectivity index is 1.45. The molecule has 6 nitrogen and oxygen atoms in total. The number of anilines is 1. The highest BCUT2D eigenvalue weighted by atomic mass is 16.5. The van der Waals surface area contributed by atoms with Crippen LogP contribution in [-0.2, 0) is 0 Å². The van der Waals surface area contributed by atoms with E-state index in [-0.39, 0.29) is 5.91 Å². The molecule has 0 saturated heterocycles. The second-order valence-corrected chi connectivity index (χ2v) is 6.24. The van der Waals surface area contributed by atoms with Gasteiger partial charge in [-0.15, -0.1) is 0 Å². The molecule has 0 radical (unpaired) electrons. The van der Waals surface area contributed by atoms with Crippen LogP contribution < -0.4 is 15.8 Å². The van der Waals surface area contributed by atoms with Gasteiger partial charge in [-0.3, -0.25) is 9.59 Å². The maximum atomic E-state index is 12.4. The topological polar surface area (TPSA) is 97.2 Å². The Hall–Kier alpha value is -4.06. The van der Waals surface area contributed by atoms with Crippen molar-refractivity contribution < 1.29 is 14.3 Å². The van der Waals surface area contributed by atoms with E-state index in [1.807, 2.05) is 30.3 Å². The summed E-state index contributed by atoms with van der Waals surface area (Å²) in [5, 5.41) is 3.83. The molecule has 4 aromatic rings. The average molecular weight is 371 g/mol. The molecule has 2 amide bonds. The van der Waals surface area contributed by atoms with Crippen molar-refractivity contribution >= 4 is 28.4 Å². The van der Waals surface area contributed by atoms with Crippen molar-refractivity contribution in [3.63, 3.8) is 0 Å². The molecule has 0 aliphatic carbocycles. The predicted octanol–water partition coefficient (Wildman–Crippen LogP) is 4.31. The largest absolute Gasteiger partial charge is 0.457 e. The van der Waals surface area contributed by atoms with Crippen LogP contribution in [0.25, 0.3) is 10.9 Å². The lowest BCUT2D eigenvalue weighted by molar-refractivity contribution is 0.0997. The zero-order chi connectivity index (χ0) is 19.5. The van der Waals surface area contributed by atoms with Crippen molar-refractivity contribution in [3.05, 3.63) is 90.1 Å². The van der Waals surface area contributed by atoms with Gasteiger partial charge in [0.05, 0.1) is 0 Å². The molecule has 4 N–H and O–H groups in total. The Morgan fingerprint density at radius 2 is 1.64 bits per heavy atom. The van der Waals surface area contributed by atoms with Crippen molar-refractivity contribution in [2.75, 3.05) is 5.32 Å². The summed E-state index contributed by atoms with van der Waals surface area (Å²) in [6.45, 7) is 0. The smallest absolute Gasteiger partial charge is 0.272 e. The Labute approximate surface area is 160 Å². The van der Waals surface area contributed by atoms with Crippen molar-refractivity contribution in [3.8, 4) is 11.5 Å². The third-order valence-electron chi connectivity index (χ3n) is 4.24. The number of para-hydroxylation sites is 1. The first kappa shape index (κ1) is 17.4. The van der Waals surface area contributed by atoms with Crippen molar-refractivity contribution in [1.29, 1.82) is 0 Å². The fourth-order valence-corrected chi connectivity index (χ4v) is 2.85. The molecule has 0 saturated carbocycles. The van der Waals surface area contributed by atoms with Crippen LogP contribution in [0.1, 0.15) is 20.8 Å². The van der Waals surface area contributed by atoms with Crippen molar-refractivity contribution in [2.24, 2.45) is 5.73 Å². The number of aromatic amines is 1. The molecule has 6 heteroatoms. The lowest BCUT2D eigenvalue weighted by Crippen LogP contribution is -2.12. The van der Waals surface area contributed by atoms with E-state index in [4.69, 9.17) is 10.5 Å². The van der Waals surface area contributed by atoms with E-state index in [0.717, 1.165) is 10.9 Å². The standard InChI is InChI=1S/C22H17N3O3/c23-21(26)15-5-3-6-18(12-15)28-17-10-8-16(9-11-17)24-22(27)20-13-14-4-1-2-7-19(14)25-20/h1-13,25H,(H2,23,26)(H,24,27). The molecule has 28 heavy (non-hydrogen) atoms. The summed E-state index contributed by atoms with van der Waals surface area (Å²) < 4.78 is 5.73. The molecule has 0 atom stereocenters. The number of aromatic nitrogens is 1. The van der Waals surface area contributed by atoms with Gasteiger partial charge in [-0.25, -0.2) is 0 Å².